The number of halogens is 1. The highest BCUT2D eigenvalue weighted by atomic mass is 127. The van der Waals surface area contributed by atoms with Crippen LogP contribution in [0.25, 0.3) is 0 Å². The number of nitrogens with zero attached hydrogens (tertiary/aromatic N) is 2. The van der Waals surface area contributed by atoms with Gasteiger partial charge in [-0.1, -0.05) is 39.0 Å². The zero-order valence-corrected chi connectivity index (χ0v) is 19.9. The van der Waals surface area contributed by atoms with Gasteiger partial charge in [-0.3, -0.25) is 9.79 Å². The second-order valence-corrected chi connectivity index (χ2v) is 7.40. The Morgan fingerprint density at radius 3 is 2.57 bits per heavy atom. The summed E-state index contributed by atoms with van der Waals surface area (Å²) < 4.78 is 0. The van der Waals surface area contributed by atoms with E-state index in [1.54, 1.807) is 0 Å². The second-order valence-electron chi connectivity index (χ2n) is 7.40. The molecule has 158 valence electrons. The van der Waals surface area contributed by atoms with Crippen LogP contribution in [0.15, 0.2) is 35.3 Å². The summed E-state index contributed by atoms with van der Waals surface area (Å²) in [6, 6.07) is 10.8. The molecule has 1 aliphatic heterocycles. The fourth-order valence-corrected chi connectivity index (χ4v) is 3.20. The predicted octanol–water partition coefficient (Wildman–Crippen LogP) is 3.31. The quantitative estimate of drug-likeness (QED) is 0.291. The lowest BCUT2D eigenvalue weighted by Crippen LogP contribution is -2.45. The number of carbonyl (C=O) groups excluding carboxylic acids is 1. The van der Waals surface area contributed by atoms with Gasteiger partial charge >= 0.3 is 0 Å². The number of likely N-dealkylation sites (tertiary alicyclic amines) is 1. The monoisotopic (exact) mass is 501 g/mol. The highest BCUT2D eigenvalue weighted by molar-refractivity contribution is 14.0. The van der Waals surface area contributed by atoms with Gasteiger partial charge in [0.15, 0.2) is 5.96 Å². The molecule has 28 heavy (non-hydrogen) atoms. The van der Waals surface area contributed by atoms with Gasteiger partial charge < -0.3 is 20.9 Å². The summed E-state index contributed by atoms with van der Waals surface area (Å²) in [5.41, 5.74) is 1.12. The van der Waals surface area contributed by atoms with Crippen molar-refractivity contribution in [2.24, 2.45) is 10.9 Å². The van der Waals surface area contributed by atoms with Gasteiger partial charge in [0.2, 0.25) is 5.91 Å². The van der Waals surface area contributed by atoms with Gasteiger partial charge in [0.25, 0.3) is 0 Å². The molecule has 1 fully saturated rings. The molecule has 1 aliphatic rings. The molecule has 0 spiro atoms. The summed E-state index contributed by atoms with van der Waals surface area (Å²) in [6.07, 6.45) is 1.54. The zero-order chi connectivity index (χ0) is 19.6. The molecule has 2 rings (SSSR count). The van der Waals surface area contributed by atoms with Crippen molar-refractivity contribution in [3.8, 4) is 0 Å². The first kappa shape index (κ1) is 24.5. The minimum Gasteiger partial charge on any atom is -0.380 e. The first-order valence-corrected chi connectivity index (χ1v) is 10.2. The van der Waals surface area contributed by atoms with E-state index in [1.807, 2.05) is 30.0 Å². The molecule has 7 heteroatoms. The van der Waals surface area contributed by atoms with Gasteiger partial charge in [0.05, 0.1) is 6.54 Å². The number of benzene rings is 1. The van der Waals surface area contributed by atoms with Crippen molar-refractivity contribution in [3.05, 3.63) is 30.3 Å². The van der Waals surface area contributed by atoms with Crippen molar-refractivity contribution in [2.75, 3.05) is 31.5 Å². The fraction of sp³-hybridized carbons (Fsp3) is 0.619. The maximum atomic E-state index is 11.9. The number of anilines is 1. The number of guanidine groups is 1. The summed E-state index contributed by atoms with van der Waals surface area (Å²) in [4.78, 5) is 18.6. The van der Waals surface area contributed by atoms with Gasteiger partial charge in [0.1, 0.15) is 0 Å². The number of hydrogen-bond acceptors (Lipinski definition) is 3. The third kappa shape index (κ3) is 7.85. The first-order chi connectivity index (χ1) is 13.0. The van der Waals surface area contributed by atoms with Crippen molar-refractivity contribution in [2.45, 2.75) is 52.6 Å². The van der Waals surface area contributed by atoms with Crippen molar-refractivity contribution in [1.82, 2.24) is 15.5 Å². The van der Waals surface area contributed by atoms with Crippen molar-refractivity contribution in [1.29, 1.82) is 0 Å². The van der Waals surface area contributed by atoms with E-state index < -0.39 is 0 Å². The maximum Gasteiger partial charge on any atom is 0.222 e. The standard InChI is InChI=1S/C21H35N5O.HI/c1-5-20(27)26-13-12-18(15-26)25-21(22-6-2)23-14-19(16(3)4)24-17-10-8-7-9-11-17;/h7-11,16,18-19,24H,5-6,12-15H2,1-4H3,(H2,22,23,25);1H. The zero-order valence-electron chi connectivity index (χ0n) is 17.6. The Kier molecular flexibility index (Phi) is 11.3. The van der Waals surface area contributed by atoms with E-state index in [1.165, 1.54) is 0 Å². The van der Waals surface area contributed by atoms with E-state index in [0.29, 0.717) is 18.9 Å². The van der Waals surface area contributed by atoms with E-state index in [0.717, 1.165) is 37.7 Å². The van der Waals surface area contributed by atoms with Crippen molar-refractivity contribution >= 4 is 41.5 Å². The molecule has 1 heterocycles. The Bertz CT molecular complexity index is 608. The minimum atomic E-state index is 0. The van der Waals surface area contributed by atoms with Crippen LogP contribution in [0, 0.1) is 5.92 Å². The molecule has 0 radical (unpaired) electrons. The first-order valence-electron chi connectivity index (χ1n) is 10.2. The lowest BCUT2D eigenvalue weighted by Gasteiger charge is -2.23. The average molecular weight is 501 g/mol. The summed E-state index contributed by atoms with van der Waals surface area (Å²) in [7, 11) is 0. The molecule has 0 saturated carbocycles. The van der Waals surface area contributed by atoms with E-state index in [9.17, 15) is 4.79 Å². The molecule has 1 saturated heterocycles. The number of aliphatic imine (C=N–C) groups is 1. The molecule has 6 nitrogen and oxygen atoms in total. The van der Waals surface area contributed by atoms with Crippen LogP contribution in [0.1, 0.15) is 40.5 Å². The van der Waals surface area contributed by atoms with E-state index >= 15 is 0 Å². The molecule has 0 aliphatic carbocycles. The molecule has 1 aromatic carbocycles. The largest absolute Gasteiger partial charge is 0.380 e. The number of carbonyl (C=O) groups is 1. The molecule has 2 unspecified atom stereocenters. The van der Waals surface area contributed by atoms with Crippen LogP contribution in [-0.2, 0) is 4.79 Å². The van der Waals surface area contributed by atoms with Crippen LogP contribution in [0.4, 0.5) is 5.69 Å². The highest BCUT2D eigenvalue weighted by Crippen LogP contribution is 2.13. The SMILES string of the molecule is CCNC(=NCC(Nc1ccccc1)C(C)C)NC1CCN(C(=O)CC)C1.I. The van der Waals surface area contributed by atoms with Crippen LogP contribution in [0.3, 0.4) is 0 Å². The summed E-state index contributed by atoms with van der Waals surface area (Å²) in [5, 5.41) is 10.4. The molecular weight excluding hydrogens is 465 g/mol. The number of amides is 1. The molecule has 1 amide bonds. The smallest absolute Gasteiger partial charge is 0.222 e. The van der Waals surface area contributed by atoms with Crippen LogP contribution >= 0.6 is 24.0 Å². The molecular formula is C21H36IN5O. The Morgan fingerprint density at radius 1 is 1.25 bits per heavy atom. The molecule has 3 N–H and O–H groups in total. The van der Waals surface area contributed by atoms with Gasteiger partial charge in [-0.15, -0.1) is 24.0 Å². The Labute approximate surface area is 187 Å². The van der Waals surface area contributed by atoms with Crippen molar-refractivity contribution < 1.29 is 4.79 Å². The Hall–Kier alpha value is -1.51. The highest BCUT2D eigenvalue weighted by Gasteiger charge is 2.25. The lowest BCUT2D eigenvalue weighted by atomic mass is 10.0. The summed E-state index contributed by atoms with van der Waals surface area (Å²) in [6.45, 7) is 11.5. The number of nitrogens with one attached hydrogen (secondary N) is 3. The third-order valence-electron chi connectivity index (χ3n) is 4.91. The van der Waals surface area contributed by atoms with E-state index in [-0.39, 0.29) is 42.0 Å². The third-order valence-corrected chi connectivity index (χ3v) is 4.91. The molecule has 0 aromatic heterocycles. The van der Waals surface area contributed by atoms with Crippen molar-refractivity contribution in [3.63, 3.8) is 0 Å². The Morgan fingerprint density at radius 2 is 1.96 bits per heavy atom. The summed E-state index contributed by atoms with van der Waals surface area (Å²) in [5.74, 6) is 1.52. The lowest BCUT2D eigenvalue weighted by molar-refractivity contribution is -0.129. The predicted molar refractivity (Wildman–Crippen MR) is 128 cm³/mol. The minimum absolute atomic E-state index is 0. The van der Waals surface area contributed by atoms with Crippen LogP contribution in [0.5, 0.6) is 0 Å². The number of rotatable bonds is 8. The normalized spacial score (nSPS) is 17.8. The average Bonchev–Trinajstić information content (AvgIpc) is 3.13. The topological polar surface area (TPSA) is 68.8 Å². The fourth-order valence-electron chi connectivity index (χ4n) is 3.20. The van der Waals surface area contributed by atoms with Gasteiger partial charge in [-0.05, 0) is 31.4 Å². The molecule has 0 bridgehead atoms. The summed E-state index contributed by atoms with van der Waals surface area (Å²) >= 11 is 0. The van der Waals surface area contributed by atoms with Crippen LogP contribution in [-0.4, -0.2) is 55.0 Å². The second kappa shape index (κ2) is 12.9. The van der Waals surface area contributed by atoms with E-state index in [2.05, 4.69) is 48.9 Å². The van der Waals surface area contributed by atoms with Gasteiger partial charge in [-0.2, -0.15) is 0 Å². The van der Waals surface area contributed by atoms with Gasteiger partial charge in [-0.25, -0.2) is 0 Å². The number of para-hydroxylation sites is 1. The van der Waals surface area contributed by atoms with Gasteiger partial charge in [0, 0.05) is 43.8 Å². The maximum absolute atomic E-state index is 11.9. The number of hydrogen-bond donors (Lipinski definition) is 3. The molecule has 1 aromatic rings. The van der Waals surface area contributed by atoms with E-state index in [4.69, 9.17) is 4.99 Å². The molecule has 2 atom stereocenters. The van der Waals surface area contributed by atoms with Crippen LogP contribution < -0.4 is 16.0 Å². The van der Waals surface area contributed by atoms with Crippen LogP contribution in [0.2, 0.25) is 0 Å². The Balaban J connectivity index is 0.00000392.